The zero-order chi connectivity index (χ0) is 16.7. The van der Waals surface area contributed by atoms with Crippen LogP contribution in [0.2, 0.25) is 5.02 Å². The first-order valence-corrected chi connectivity index (χ1v) is 7.17. The number of hydrogen-bond acceptors (Lipinski definition) is 3. The summed E-state index contributed by atoms with van der Waals surface area (Å²) in [6, 6.07) is 9.00. The van der Waals surface area contributed by atoms with E-state index in [0.717, 1.165) is 0 Å². The minimum atomic E-state index is -0.739. The van der Waals surface area contributed by atoms with E-state index < -0.39 is 11.6 Å². The Bertz CT molecular complexity index is 656. The van der Waals surface area contributed by atoms with Gasteiger partial charge in [-0.3, -0.25) is 4.79 Å². The third kappa shape index (κ3) is 3.77. The van der Waals surface area contributed by atoms with Gasteiger partial charge in [0.2, 0.25) is 0 Å². The van der Waals surface area contributed by atoms with E-state index in [9.17, 15) is 9.18 Å². The van der Waals surface area contributed by atoms with Crippen LogP contribution in [0.15, 0.2) is 36.4 Å². The molecule has 0 N–H and O–H groups in total. The van der Waals surface area contributed by atoms with E-state index >= 15 is 0 Å². The third-order valence-corrected chi connectivity index (χ3v) is 3.14. The van der Waals surface area contributed by atoms with Gasteiger partial charge in [-0.05, 0) is 24.3 Å². The summed E-state index contributed by atoms with van der Waals surface area (Å²) < 4.78 is 24.1. The van der Waals surface area contributed by atoms with Crippen molar-refractivity contribution in [1.29, 1.82) is 0 Å². The standard InChI is InChI=1S/C15H12ClFO3.C2H6/c1-19-9-6-7-10(13(8-9)20-2)15(18)11-4-3-5-12(16)14(11)17;1-2/h3-8H,1-2H3;1-2H3. The van der Waals surface area contributed by atoms with Gasteiger partial charge in [0.05, 0.1) is 30.4 Å². The molecule has 0 saturated carbocycles. The van der Waals surface area contributed by atoms with Crippen LogP contribution >= 0.6 is 11.6 Å². The summed E-state index contributed by atoms with van der Waals surface area (Å²) in [5.74, 6) is -0.375. The van der Waals surface area contributed by atoms with E-state index in [1.165, 1.54) is 38.5 Å². The minimum Gasteiger partial charge on any atom is -0.497 e. The van der Waals surface area contributed by atoms with Crippen molar-refractivity contribution in [2.75, 3.05) is 14.2 Å². The Hall–Kier alpha value is -2.07. The summed E-state index contributed by atoms with van der Waals surface area (Å²) in [4.78, 5) is 12.4. The van der Waals surface area contributed by atoms with E-state index in [2.05, 4.69) is 0 Å². The molecule has 0 amide bonds. The van der Waals surface area contributed by atoms with Crippen LogP contribution in [-0.4, -0.2) is 20.0 Å². The van der Waals surface area contributed by atoms with Gasteiger partial charge < -0.3 is 9.47 Å². The van der Waals surface area contributed by atoms with Gasteiger partial charge in [-0.1, -0.05) is 31.5 Å². The van der Waals surface area contributed by atoms with Gasteiger partial charge in [0.25, 0.3) is 0 Å². The molecular formula is C17H18ClFO3. The molecule has 0 radical (unpaired) electrons. The molecule has 0 aliphatic heterocycles. The first kappa shape index (κ1) is 18.0. The lowest BCUT2D eigenvalue weighted by Crippen LogP contribution is -2.07. The molecule has 22 heavy (non-hydrogen) atoms. The summed E-state index contributed by atoms with van der Waals surface area (Å²) >= 11 is 5.69. The van der Waals surface area contributed by atoms with Crippen molar-refractivity contribution in [3.05, 3.63) is 58.4 Å². The molecule has 2 rings (SSSR count). The average Bonchev–Trinajstić information content (AvgIpc) is 2.58. The zero-order valence-corrected chi connectivity index (χ0v) is 13.7. The van der Waals surface area contributed by atoms with Crippen molar-refractivity contribution in [1.82, 2.24) is 0 Å². The Kier molecular flexibility index (Phi) is 6.86. The topological polar surface area (TPSA) is 35.5 Å². The maximum absolute atomic E-state index is 13.9. The maximum atomic E-state index is 13.9. The van der Waals surface area contributed by atoms with Gasteiger partial charge in [0, 0.05) is 6.07 Å². The SMILES string of the molecule is CC.COc1ccc(C(=O)c2cccc(Cl)c2F)c(OC)c1. The highest BCUT2D eigenvalue weighted by Gasteiger charge is 2.19. The number of hydrogen-bond donors (Lipinski definition) is 0. The highest BCUT2D eigenvalue weighted by atomic mass is 35.5. The summed E-state index contributed by atoms with van der Waals surface area (Å²) in [6.45, 7) is 4.00. The van der Waals surface area contributed by atoms with Crippen molar-refractivity contribution in [3.63, 3.8) is 0 Å². The van der Waals surface area contributed by atoms with Gasteiger partial charge in [-0.25, -0.2) is 4.39 Å². The van der Waals surface area contributed by atoms with Crippen molar-refractivity contribution in [2.24, 2.45) is 0 Å². The molecule has 0 saturated heterocycles. The van der Waals surface area contributed by atoms with Crippen molar-refractivity contribution in [2.45, 2.75) is 13.8 Å². The second-order valence-electron chi connectivity index (χ2n) is 4.00. The Morgan fingerprint density at radius 2 is 1.73 bits per heavy atom. The Morgan fingerprint density at radius 1 is 1.05 bits per heavy atom. The first-order valence-electron chi connectivity index (χ1n) is 6.79. The van der Waals surface area contributed by atoms with Gasteiger partial charge in [0.15, 0.2) is 11.6 Å². The average molecular weight is 325 g/mol. The Labute approximate surface area is 134 Å². The minimum absolute atomic E-state index is 0.0941. The van der Waals surface area contributed by atoms with Crippen LogP contribution in [0.1, 0.15) is 29.8 Å². The predicted octanol–water partition coefficient (Wildman–Crippen LogP) is 4.75. The third-order valence-electron chi connectivity index (χ3n) is 2.85. The van der Waals surface area contributed by atoms with Crippen LogP contribution in [0.3, 0.4) is 0 Å². The molecule has 0 bridgehead atoms. The molecule has 0 atom stereocenters. The fraction of sp³-hybridized carbons (Fsp3) is 0.235. The molecule has 2 aromatic carbocycles. The van der Waals surface area contributed by atoms with Crippen molar-refractivity contribution >= 4 is 17.4 Å². The largest absolute Gasteiger partial charge is 0.497 e. The second kappa shape index (κ2) is 8.39. The quantitative estimate of drug-likeness (QED) is 0.761. The van der Waals surface area contributed by atoms with Gasteiger partial charge in [-0.2, -0.15) is 0 Å². The number of halogens is 2. The maximum Gasteiger partial charge on any atom is 0.199 e. The predicted molar refractivity (Wildman–Crippen MR) is 85.7 cm³/mol. The molecule has 2 aromatic rings. The lowest BCUT2D eigenvalue weighted by atomic mass is 10.0. The lowest BCUT2D eigenvalue weighted by Gasteiger charge is -2.10. The molecule has 0 fully saturated rings. The number of rotatable bonds is 4. The molecule has 118 valence electrons. The van der Waals surface area contributed by atoms with Gasteiger partial charge >= 0.3 is 0 Å². The van der Waals surface area contributed by atoms with E-state index in [0.29, 0.717) is 11.5 Å². The van der Waals surface area contributed by atoms with Gasteiger partial charge in [-0.15, -0.1) is 0 Å². The van der Waals surface area contributed by atoms with E-state index in [1.54, 1.807) is 12.1 Å². The van der Waals surface area contributed by atoms with Crippen LogP contribution in [-0.2, 0) is 0 Å². The molecule has 0 aromatic heterocycles. The Morgan fingerprint density at radius 3 is 2.32 bits per heavy atom. The number of carbonyl (C=O) groups excluding carboxylic acids is 1. The summed E-state index contributed by atoms with van der Waals surface area (Å²) in [7, 11) is 2.94. The molecule has 0 unspecified atom stereocenters. The van der Waals surface area contributed by atoms with Crippen LogP contribution in [0.25, 0.3) is 0 Å². The second-order valence-corrected chi connectivity index (χ2v) is 4.40. The fourth-order valence-corrected chi connectivity index (χ4v) is 1.98. The van der Waals surface area contributed by atoms with Crippen LogP contribution in [0.4, 0.5) is 4.39 Å². The molecular weight excluding hydrogens is 307 g/mol. The first-order chi connectivity index (χ1) is 10.6. The normalized spacial score (nSPS) is 9.55. The molecule has 3 nitrogen and oxygen atoms in total. The van der Waals surface area contributed by atoms with E-state index in [-0.39, 0.29) is 16.1 Å². The van der Waals surface area contributed by atoms with Crippen LogP contribution in [0.5, 0.6) is 11.5 Å². The fourth-order valence-electron chi connectivity index (χ4n) is 1.81. The lowest BCUT2D eigenvalue weighted by molar-refractivity contribution is 0.103. The number of ether oxygens (including phenoxy) is 2. The van der Waals surface area contributed by atoms with E-state index in [1.807, 2.05) is 13.8 Å². The summed E-state index contributed by atoms with van der Waals surface area (Å²) in [6.07, 6.45) is 0. The Balaban J connectivity index is 0.00000116. The number of carbonyl (C=O) groups is 1. The number of methoxy groups -OCH3 is 2. The monoisotopic (exact) mass is 324 g/mol. The molecule has 0 aliphatic carbocycles. The zero-order valence-electron chi connectivity index (χ0n) is 12.9. The van der Waals surface area contributed by atoms with Crippen LogP contribution < -0.4 is 9.47 Å². The molecule has 0 heterocycles. The van der Waals surface area contributed by atoms with Crippen molar-refractivity contribution < 1.29 is 18.7 Å². The molecule has 5 heteroatoms. The van der Waals surface area contributed by atoms with Crippen LogP contribution in [0, 0.1) is 5.82 Å². The summed E-state index contributed by atoms with van der Waals surface area (Å²) in [5.41, 5.74) is 0.149. The van der Waals surface area contributed by atoms with E-state index in [4.69, 9.17) is 21.1 Å². The highest BCUT2D eigenvalue weighted by molar-refractivity contribution is 6.31. The number of ketones is 1. The molecule has 0 spiro atoms. The highest BCUT2D eigenvalue weighted by Crippen LogP contribution is 2.28. The summed E-state index contributed by atoms with van der Waals surface area (Å²) in [5, 5.41) is -0.0941. The molecule has 0 aliphatic rings. The van der Waals surface area contributed by atoms with Crippen molar-refractivity contribution in [3.8, 4) is 11.5 Å². The smallest absolute Gasteiger partial charge is 0.199 e. The number of benzene rings is 2. The van der Waals surface area contributed by atoms with Gasteiger partial charge in [0.1, 0.15) is 11.5 Å².